The molecule has 0 spiro atoms. The van der Waals surface area contributed by atoms with E-state index in [-0.39, 0.29) is 15.7 Å². The van der Waals surface area contributed by atoms with Crippen LogP contribution in [-0.4, -0.2) is 37.1 Å². The number of pyridine rings is 1. The second-order valence-corrected chi connectivity index (χ2v) is 6.24. The lowest BCUT2D eigenvalue weighted by Gasteiger charge is -2.15. The maximum absolute atomic E-state index is 12.2. The summed E-state index contributed by atoms with van der Waals surface area (Å²) in [6, 6.07) is 8.61. The number of ether oxygens (including phenoxy) is 1. The van der Waals surface area contributed by atoms with Crippen molar-refractivity contribution in [2.75, 3.05) is 24.3 Å². The predicted molar refractivity (Wildman–Crippen MR) is 98.5 cm³/mol. The van der Waals surface area contributed by atoms with Gasteiger partial charge in [-0.2, -0.15) is 0 Å². The minimum absolute atomic E-state index is 0.0881. The van der Waals surface area contributed by atoms with Crippen LogP contribution in [0, 0.1) is 0 Å². The van der Waals surface area contributed by atoms with Crippen LogP contribution >= 0.6 is 23.2 Å². The molecule has 8 heteroatoms. The van der Waals surface area contributed by atoms with Crippen LogP contribution in [0.5, 0.6) is 0 Å². The zero-order valence-electron chi connectivity index (χ0n) is 13.9. The molecular weight excluding hydrogens is 365 g/mol. The molecule has 0 bridgehead atoms. The van der Waals surface area contributed by atoms with E-state index in [1.807, 2.05) is 31.1 Å². The Morgan fingerprint density at radius 1 is 1.20 bits per heavy atom. The summed E-state index contributed by atoms with van der Waals surface area (Å²) in [5, 5.41) is 2.91. The van der Waals surface area contributed by atoms with E-state index in [0.29, 0.717) is 5.69 Å². The number of nitrogens with zero attached hydrogens (tertiary/aromatic N) is 2. The van der Waals surface area contributed by atoms with Crippen LogP contribution in [0.3, 0.4) is 0 Å². The molecule has 25 heavy (non-hydrogen) atoms. The fourth-order valence-electron chi connectivity index (χ4n) is 1.90. The van der Waals surface area contributed by atoms with Crippen LogP contribution < -0.4 is 10.2 Å². The maximum Gasteiger partial charge on any atom is 0.340 e. The number of anilines is 2. The summed E-state index contributed by atoms with van der Waals surface area (Å²) in [6.07, 6.45) is 0.247. The van der Waals surface area contributed by atoms with Gasteiger partial charge in [-0.15, -0.1) is 0 Å². The first-order chi connectivity index (χ1) is 11.8. The molecule has 0 radical (unpaired) electrons. The van der Waals surface area contributed by atoms with Crippen LogP contribution in [0.1, 0.15) is 17.3 Å². The molecule has 2 aromatic rings. The van der Waals surface area contributed by atoms with Gasteiger partial charge in [0.1, 0.15) is 5.15 Å². The van der Waals surface area contributed by atoms with Gasteiger partial charge in [0.25, 0.3) is 5.91 Å². The zero-order valence-corrected chi connectivity index (χ0v) is 15.4. The molecule has 132 valence electrons. The van der Waals surface area contributed by atoms with E-state index < -0.39 is 18.0 Å². The summed E-state index contributed by atoms with van der Waals surface area (Å²) in [4.78, 5) is 29.9. The van der Waals surface area contributed by atoms with E-state index in [1.165, 1.54) is 19.2 Å². The molecule has 0 fully saturated rings. The molecule has 0 saturated heterocycles. The molecule has 0 aliphatic heterocycles. The van der Waals surface area contributed by atoms with Crippen molar-refractivity contribution in [1.29, 1.82) is 0 Å². The highest BCUT2D eigenvalue weighted by atomic mass is 35.5. The molecular formula is C17H17Cl2N3O3. The minimum atomic E-state index is -0.990. The van der Waals surface area contributed by atoms with Gasteiger partial charge in [0, 0.05) is 31.7 Å². The number of benzene rings is 1. The molecule has 0 aliphatic rings. The van der Waals surface area contributed by atoms with Gasteiger partial charge in [-0.25, -0.2) is 9.78 Å². The molecule has 2 rings (SSSR count). The van der Waals surface area contributed by atoms with Crippen molar-refractivity contribution < 1.29 is 14.3 Å². The number of carbonyl (C=O) groups excluding carboxylic acids is 2. The molecule has 0 aliphatic carbocycles. The highest BCUT2D eigenvalue weighted by molar-refractivity contribution is 6.41. The van der Waals surface area contributed by atoms with Gasteiger partial charge < -0.3 is 15.0 Å². The van der Waals surface area contributed by atoms with Gasteiger partial charge >= 0.3 is 5.97 Å². The lowest BCUT2D eigenvalue weighted by Crippen LogP contribution is -2.30. The number of amides is 1. The van der Waals surface area contributed by atoms with E-state index >= 15 is 0 Å². The van der Waals surface area contributed by atoms with Crippen LogP contribution in [0.4, 0.5) is 11.4 Å². The highest BCUT2D eigenvalue weighted by Crippen LogP contribution is 2.20. The largest absolute Gasteiger partial charge is 0.449 e. The monoisotopic (exact) mass is 381 g/mol. The SMILES string of the molecule is CC(OC(=O)c1cnc(Cl)c(Cl)c1)C(=O)Nc1ccc(N(C)C)cc1. The third-order valence-corrected chi connectivity index (χ3v) is 4.02. The van der Waals surface area contributed by atoms with Crippen molar-refractivity contribution in [2.24, 2.45) is 0 Å². The Labute approximate surface area is 155 Å². The molecule has 1 amide bonds. The zero-order chi connectivity index (χ0) is 18.6. The van der Waals surface area contributed by atoms with Crippen LogP contribution in [0.2, 0.25) is 10.2 Å². The van der Waals surface area contributed by atoms with E-state index in [9.17, 15) is 9.59 Å². The number of hydrogen-bond donors (Lipinski definition) is 1. The first-order valence-corrected chi connectivity index (χ1v) is 8.14. The van der Waals surface area contributed by atoms with Crippen LogP contribution in [-0.2, 0) is 9.53 Å². The second kappa shape index (κ2) is 8.18. The Morgan fingerprint density at radius 2 is 1.84 bits per heavy atom. The molecule has 0 saturated carbocycles. The van der Waals surface area contributed by atoms with E-state index in [2.05, 4.69) is 10.3 Å². The first-order valence-electron chi connectivity index (χ1n) is 7.38. The Balaban J connectivity index is 1.97. The van der Waals surface area contributed by atoms with Crippen molar-refractivity contribution in [3.05, 3.63) is 52.3 Å². The summed E-state index contributed by atoms with van der Waals surface area (Å²) in [7, 11) is 3.85. The van der Waals surface area contributed by atoms with Crippen molar-refractivity contribution in [1.82, 2.24) is 4.98 Å². The molecule has 1 N–H and O–H groups in total. The number of rotatable bonds is 5. The Morgan fingerprint density at radius 3 is 2.40 bits per heavy atom. The topological polar surface area (TPSA) is 71.5 Å². The molecule has 1 atom stereocenters. The van der Waals surface area contributed by atoms with Gasteiger partial charge in [-0.1, -0.05) is 23.2 Å². The van der Waals surface area contributed by atoms with Crippen molar-refractivity contribution in [3.8, 4) is 0 Å². The number of halogens is 2. The van der Waals surface area contributed by atoms with Crippen LogP contribution in [0.25, 0.3) is 0 Å². The summed E-state index contributed by atoms with van der Waals surface area (Å²) >= 11 is 11.5. The lowest BCUT2D eigenvalue weighted by molar-refractivity contribution is -0.123. The van der Waals surface area contributed by atoms with E-state index in [4.69, 9.17) is 27.9 Å². The number of carbonyl (C=O) groups is 2. The predicted octanol–water partition coefficient (Wildman–Crippen LogP) is 3.64. The lowest BCUT2D eigenvalue weighted by atomic mass is 10.2. The van der Waals surface area contributed by atoms with E-state index in [1.54, 1.807) is 12.1 Å². The van der Waals surface area contributed by atoms with Gasteiger partial charge in [-0.3, -0.25) is 4.79 Å². The van der Waals surface area contributed by atoms with Crippen LogP contribution in [0.15, 0.2) is 36.5 Å². The number of nitrogens with one attached hydrogen (secondary N) is 1. The summed E-state index contributed by atoms with van der Waals surface area (Å²) in [6.45, 7) is 1.48. The number of esters is 1. The van der Waals surface area contributed by atoms with Gasteiger partial charge in [0.2, 0.25) is 0 Å². The third kappa shape index (κ3) is 5.08. The Bertz CT molecular complexity index is 779. The Kier molecular flexibility index (Phi) is 6.22. The molecule has 1 heterocycles. The van der Waals surface area contributed by atoms with Gasteiger partial charge in [0.15, 0.2) is 6.10 Å². The van der Waals surface area contributed by atoms with Crippen molar-refractivity contribution >= 4 is 46.5 Å². The fraction of sp³-hybridized carbons (Fsp3) is 0.235. The number of aromatic nitrogens is 1. The standard InChI is InChI=1S/C17H17Cl2N3O3/c1-10(25-17(24)11-8-14(18)15(19)20-9-11)16(23)21-12-4-6-13(7-5-12)22(2)3/h4-10H,1-3H3,(H,21,23). The number of hydrogen-bond acceptors (Lipinski definition) is 5. The van der Waals surface area contributed by atoms with Gasteiger partial charge in [-0.05, 0) is 37.3 Å². The first kappa shape index (κ1) is 19.0. The maximum atomic E-state index is 12.2. The summed E-state index contributed by atoms with van der Waals surface area (Å²) < 4.78 is 5.13. The van der Waals surface area contributed by atoms with E-state index in [0.717, 1.165) is 5.69 Å². The summed E-state index contributed by atoms with van der Waals surface area (Å²) in [5.41, 5.74) is 1.73. The summed E-state index contributed by atoms with van der Waals surface area (Å²) in [5.74, 6) is -1.16. The van der Waals surface area contributed by atoms with Crippen molar-refractivity contribution in [2.45, 2.75) is 13.0 Å². The minimum Gasteiger partial charge on any atom is -0.449 e. The molecule has 1 aromatic heterocycles. The smallest absolute Gasteiger partial charge is 0.340 e. The quantitative estimate of drug-likeness (QED) is 0.632. The Hall–Kier alpha value is -2.31. The molecule has 1 aromatic carbocycles. The molecule has 1 unspecified atom stereocenters. The average molecular weight is 382 g/mol. The van der Waals surface area contributed by atoms with Gasteiger partial charge in [0.05, 0.1) is 10.6 Å². The van der Waals surface area contributed by atoms with Crippen molar-refractivity contribution in [3.63, 3.8) is 0 Å². The average Bonchev–Trinajstić information content (AvgIpc) is 2.57. The third-order valence-electron chi connectivity index (χ3n) is 3.34. The molecule has 6 nitrogen and oxygen atoms in total. The second-order valence-electron chi connectivity index (χ2n) is 5.47. The highest BCUT2D eigenvalue weighted by Gasteiger charge is 2.20. The fourth-order valence-corrected chi connectivity index (χ4v) is 2.17. The normalized spacial score (nSPS) is 11.6.